The Hall–Kier alpha value is -0.900. The Morgan fingerprint density at radius 3 is 2.44 bits per heavy atom. The Bertz CT molecular complexity index is 361. The molecule has 0 spiro atoms. The van der Waals surface area contributed by atoms with Crippen molar-refractivity contribution >= 4 is 0 Å². The maximum atomic E-state index is 5.66. The third-order valence-corrected chi connectivity index (χ3v) is 3.50. The molecule has 1 saturated heterocycles. The fourth-order valence-corrected chi connectivity index (χ4v) is 2.50. The van der Waals surface area contributed by atoms with Crippen molar-refractivity contribution in [3.05, 3.63) is 35.4 Å². The van der Waals surface area contributed by atoms with Crippen molar-refractivity contribution in [3.8, 4) is 0 Å². The zero-order valence-corrected chi connectivity index (χ0v) is 11.4. The SMILES string of the molecule is CCCc1ccc(C2CC(OC)OC2OC)cc1. The highest BCUT2D eigenvalue weighted by molar-refractivity contribution is 5.26. The van der Waals surface area contributed by atoms with Crippen LogP contribution in [0.4, 0.5) is 0 Å². The quantitative estimate of drug-likeness (QED) is 0.803. The first-order valence-corrected chi connectivity index (χ1v) is 6.58. The number of methoxy groups -OCH3 is 2. The molecule has 0 amide bonds. The molecule has 0 bridgehead atoms. The van der Waals surface area contributed by atoms with Crippen LogP contribution in [0.5, 0.6) is 0 Å². The van der Waals surface area contributed by atoms with Gasteiger partial charge in [0.2, 0.25) is 0 Å². The van der Waals surface area contributed by atoms with Gasteiger partial charge in [0.15, 0.2) is 12.6 Å². The Kier molecular flexibility index (Phi) is 4.75. The minimum atomic E-state index is -0.202. The molecule has 0 radical (unpaired) electrons. The van der Waals surface area contributed by atoms with E-state index in [9.17, 15) is 0 Å². The topological polar surface area (TPSA) is 27.7 Å². The number of aryl methyl sites for hydroxylation is 1. The average Bonchev–Trinajstić information content (AvgIpc) is 2.83. The van der Waals surface area contributed by atoms with Crippen molar-refractivity contribution in [1.82, 2.24) is 0 Å². The lowest BCUT2D eigenvalue weighted by molar-refractivity contribution is -0.188. The fraction of sp³-hybridized carbons (Fsp3) is 0.600. The largest absolute Gasteiger partial charge is 0.356 e. The fourth-order valence-electron chi connectivity index (χ4n) is 2.50. The molecule has 0 N–H and O–H groups in total. The first-order chi connectivity index (χ1) is 8.78. The van der Waals surface area contributed by atoms with E-state index in [0.717, 1.165) is 12.8 Å². The molecule has 0 aromatic heterocycles. The molecular weight excluding hydrogens is 228 g/mol. The standard InChI is InChI=1S/C15H22O3/c1-4-5-11-6-8-12(9-7-11)13-10-14(16-2)18-15(13)17-3/h6-9,13-15H,4-5,10H2,1-3H3. The van der Waals surface area contributed by atoms with Crippen molar-refractivity contribution in [2.75, 3.05) is 14.2 Å². The molecule has 0 saturated carbocycles. The zero-order chi connectivity index (χ0) is 13.0. The van der Waals surface area contributed by atoms with Crippen LogP contribution in [0, 0.1) is 0 Å². The number of ether oxygens (including phenoxy) is 3. The van der Waals surface area contributed by atoms with Gasteiger partial charge in [-0.15, -0.1) is 0 Å². The van der Waals surface area contributed by atoms with E-state index in [-0.39, 0.29) is 18.5 Å². The monoisotopic (exact) mass is 250 g/mol. The van der Waals surface area contributed by atoms with E-state index in [0.29, 0.717) is 0 Å². The molecular formula is C15H22O3. The molecule has 3 unspecified atom stereocenters. The van der Waals surface area contributed by atoms with E-state index in [1.54, 1.807) is 14.2 Å². The van der Waals surface area contributed by atoms with Gasteiger partial charge in [0.25, 0.3) is 0 Å². The second kappa shape index (κ2) is 6.32. The molecule has 3 atom stereocenters. The second-order valence-electron chi connectivity index (χ2n) is 4.74. The van der Waals surface area contributed by atoms with Gasteiger partial charge in [0.05, 0.1) is 0 Å². The molecule has 3 heteroatoms. The summed E-state index contributed by atoms with van der Waals surface area (Å²) in [4.78, 5) is 0. The van der Waals surface area contributed by atoms with E-state index in [1.807, 2.05) is 0 Å². The summed E-state index contributed by atoms with van der Waals surface area (Å²) in [6.45, 7) is 2.20. The van der Waals surface area contributed by atoms with E-state index >= 15 is 0 Å². The minimum absolute atomic E-state index is 0.157. The van der Waals surface area contributed by atoms with E-state index < -0.39 is 0 Å². The lowest BCUT2D eigenvalue weighted by Gasteiger charge is -2.17. The van der Waals surface area contributed by atoms with Gasteiger partial charge in [-0.3, -0.25) is 0 Å². The lowest BCUT2D eigenvalue weighted by Crippen LogP contribution is -2.17. The van der Waals surface area contributed by atoms with E-state index in [2.05, 4.69) is 31.2 Å². The predicted octanol–water partition coefficient (Wildman–Crippen LogP) is 3.09. The minimum Gasteiger partial charge on any atom is -0.356 e. The first-order valence-electron chi connectivity index (χ1n) is 6.58. The van der Waals surface area contributed by atoms with Crippen LogP contribution in [0.25, 0.3) is 0 Å². The van der Waals surface area contributed by atoms with Crippen molar-refractivity contribution in [3.63, 3.8) is 0 Å². The van der Waals surface area contributed by atoms with Crippen molar-refractivity contribution < 1.29 is 14.2 Å². The van der Waals surface area contributed by atoms with Crippen LogP contribution in [0.3, 0.4) is 0 Å². The number of rotatable bonds is 5. The smallest absolute Gasteiger partial charge is 0.167 e. The van der Waals surface area contributed by atoms with Gasteiger partial charge in [-0.1, -0.05) is 37.6 Å². The summed E-state index contributed by atoms with van der Waals surface area (Å²) in [5.74, 6) is 0.260. The summed E-state index contributed by atoms with van der Waals surface area (Å²) in [7, 11) is 3.35. The van der Waals surface area contributed by atoms with Gasteiger partial charge in [-0.2, -0.15) is 0 Å². The van der Waals surface area contributed by atoms with Crippen molar-refractivity contribution in [2.24, 2.45) is 0 Å². The summed E-state index contributed by atoms with van der Waals surface area (Å²) < 4.78 is 16.3. The van der Waals surface area contributed by atoms with Crippen molar-refractivity contribution in [1.29, 1.82) is 0 Å². The van der Waals surface area contributed by atoms with Crippen LogP contribution >= 0.6 is 0 Å². The first kappa shape index (κ1) is 13.5. The average molecular weight is 250 g/mol. The highest BCUT2D eigenvalue weighted by atomic mass is 16.8. The third kappa shape index (κ3) is 2.91. The maximum absolute atomic E-state index is 5.66. The second-order valence-corrected chi connectivity index (χ2v) is 4.74. The number of hydrogen-bond donors (Lipinski definition) is 0. The van der Waals surface area contributed by atoms with E-state index in [1.165, 1.54) is 17.5 Å². The van der Waals surface area contributed by atoms with Crippen LogP contribution in [-0.4, -0.2) is 26.8 Å². The molecule has 1 fully saturated rings. The van der Waals surface area contributed by atoms with Crippen molar-refractivity contribution in [2.45, 2.75) is 44.7 Å². The highest BCUT2D eigenvalue weighted by Crippen LogP contribution is 2.35. The van der Waals surface area contributed by atoms with Crippen LogP contribution in [0.15, 0.2) is 24.3 Å². The van der Waals surface area contributed by atoms with Crippen LogP contribution in [0.2, 0.25) is 0 Å². The highest BCUT2D eigenvalue weighted by Gasteiger charge is 2.36. The molecule has 0 aliphatic carbocycles. The number of benzene rings is 1. The van der Waals surface area contributed by atoms with Gasteiger partial charge in [0, 0.05) is 26.6 Å². The van der Waals surface area contributed by atoms with Gasteiger partial charge in [0.1, 0.15) is 0 Å². The van der Waals surface area contributed by atoms with E-state index in [4.69, 9.17) is 14.2 Å². The summed E-state index contributed by atoms with van der Waals surface area (Å²) in [6, 6.07) is 8.77. The van der Waals surface area contributed by atoms with Gasteiger partial charge < -0.3 is 14.2 Å². The molecule has 1 aromatic rings. The molecule has 1 aromatic carbocycles. The molecule has 3 nitrogen and oxygen atoms in total. The Labute approximate surface area is 109 Å². The predicted molar refractivity (Wildman–Crippen MR) is 70.5 cm³/mol. The summed E-state index contributed by atoms with van der Waals surface area (Å²) in [5.41, 5.74) is 2.65. The summed E-state index contributed by atoms with van der Waals surface area (Å²) in [5, 5.41) is 0. The number of hydrogen-bond acceptors (Lipinski definition) is 3. The third-order valence-electron chi connectivity index (χ3n) is 3.50. The summed E-state index contributed by atoms with van der Waals surface area (Å²) >= 11 is 0. The zero-order valence-electron chi connectivity index (χ0n) is 11.4. The van der Waals surface area contributed by atoms with Gasteiger partial charge in [-0.25, -0.2) is 0 Å². The van der Waals surface area contributed by atoms with Crippen LogP contribution in [-0.2, 0) is 20.6 Å². The van der Waals surface area contributed by atoms with Gasteiger partial charge in [-0.05, 0) is 17.5 Å². The molecule has 100 valence electrons. The van der Waals surface area contributed by atoms with Crippen LogP contribution < -0.4 is 0 Å². The molecule has 1 aliphatic heterocycles. The maximum Gasteiger partial charge on any atom is 0.167 e. The Balaban J connectivity index is 2.09. The van der Waals surface area contributed by atoms with Gasteiger partial charge >= 0.3 is 0 Å². The molecule has 1 aliphatic rings. The lowest BCUT2D eigenvalue weighted by atomic mass is 9.95. The Morgan fingerprint density at radius 1 is 1.17 bits per heavy atom. The normalized spacial score (nSPS) is 27.6. The Morgan fingerprint density at radius 2 is 1.89 bits per heavy atom. The molecule has 18 heavy (non-hydrogen) atoms. The van der Waals surface area contributed by atoms with Crippen LogP contribution in [0.1, 0.15) is 36.8 Å². The summed E-state index contributed by atoms with van der Waals surface area (Å²) in [6.07, 6.45) is 2.80. The molecule has 2 rings (SSSR count). The molecule has 1 heterocycles.